The largest absolute Gasteiger partial charge is 0.504 e. The SMILES string of the molecule is COc1cc(CC(=O)N/C=C/c2cc(C(F)(F)F)cc(C(F)(F)F)c2)ccc1O. The number of phenols is 1. The highest BCUT2D eigenvalue weighted by Crippen LogP contribution is 2.36. The number of nitrogens with one attached hydrogen (secondary N) is 1. The van der Waals surface area contributed by atoms with E-state index in [9.17, 15) is 36.2 Å². The van der Waals surface area contributed by atoms with Gasteiger partial charge in [0.05, 0.1) is 24.7 Å². The number of carbonyl (C=O) groups is 1. The summed E-state index contributed by atoms with van der Waals surface area (Å²) in [7, 11) is 1.33. The molecule has 0 bridgehead atoms. The molecule has 1 amide bonds. The number of benzene rings is 2. The standard InChI is InChI=1S/C19H15F6NO3/c1-29-16-8-11(2-3-15(16)27)9-17(28)26-5-4-12-6-13(18(20,21)22)10-14(7-12)19(23,24)25/h2-8,10,27H,9H2,1H3,(H,26,28)/b5-4+. The topological polar surface area (TPSA) is 58.6 Å². The number of carbonyl (C=O) groups excluding carboxylic acids is 1. The van der Waals surface area contributed by atoms with E-state index in [4.69, 9.17) is 4.74 Å². The summed E-state index contributed by atoms with van der Waals surface area (Å²) in [4.78, 5) is 11.9. The molecule has 4 nitrogen and oxygen atoms in total. The van der Waals surface area contributed by atoms with Crippen LogP contribution in [-0.2, 0) is 23.6 Å². The van der Waals surface area contributed by atoms with Gasteiger partial charge in [-0.1, -0.05) is 6.07 Å². The summed E-state index contributed by atoms with van der Waals surface area (Å²) in [6.45, 7) is 0. The van der Waals surface area contributed by atoms with Crippen molar-refractivity contribution < 1.29 is 41.0 Å². The first-order valence-electron chi connectivity index (χ1n) is 8.01. The van der Waals surface area contributed by atoms with Crippen LogP contribution in [0.1, 0.15) is 22.3 Å². The van der Waals surface area contributed by atoms with E-state index in [0.29, 0.717) is 17.7 Å². The fourth-order valence-corrected chi connectivity index (χ4v) is 2.37. The zero-order valence-corrected chi connectivity index (χ0v) is 14.9. The number of phenolic OH excluding ortho intramolecular Hbond substituents is 1. The molecule has 2 N–H and O–H groups in total. The molecule has 2 aromatic rings. The molecule has 0 aliphatic carbocycles. The Labute approximate surface area is 161 Å². The molecule has 29 heavy (non-hydrogen) atoms. The molecule has 0 saturated heterocycles. The van der Waals surface area contributed by atoms with Crippen molar-refractivity contribution in [3.05, 3.63) is 64.9 Å². The molecule has 0 heterocycles. The van der Waals surface area contributed by atoms with E-state index in [-0.39, 0.29) is 29.5 Å². The van der Waals surface area contributed by atoms with Crippen LogP contribution in [0.2, 0.25) is 0 Å². The Kier molecular flexibility index (Phi) is 6.45. The molecular weight excluding hydrogens is 404 g/mol. The Bertz CT molecular complexity index is 887. The molecule has 0 aliphatic rings. The van der Waals surface area contributed by atoms with Gasteiger partial charge in [0, 0.05) is 6.20 Å². The molecule has 0 unspecified atom stereocenters. The molecule has 156 valence electrons. The van der Waals surface area contributed by atoms with Crippen molar-refractivity contribution >= 4 is 12.0 Å². The highest BCUT2D eigenvalue weighted by molar-refractivity contribution is 5.80. The van der Waals surface area contributed by atoms with Gasteiger partial charge in [0.1, 0.15) is 0 Å². The summed E-state index contributed by atoms with van der Waals surface area (Å²) in [6, 6.07) is 5.31. The number of hydrogen-bond donors (Lipinski definition) is 2. The number of rotatable bonds is 5. The fourth-order valence-electron chi connectivity index (χ4n) is 2.37. The van der Waals surface area contributed by atoms with Crippen molar-refractivity contribution in [2.75, 3.05) is 7.11 Å². The number of ether oxygens (including phenoxy) is 1. The summed E-state index contributed by atoms with van der Waals surface area (Å²) in [5, 5.41) is 11.8. The Balaban J connectivity index is 2.14. The minimum Gasteiger partial charge on any atom is -0.504 e. The maximum absolute atomic E-state index is 12.8. The summed E-state index contributed by atoms with van der Waals surface area (Å²) >= 11 is 0. The maximum Gasteiger partial charge on any atom is 0.416 e. The third-order valence-corrected chi connectivity index (χ3v) is 3.74. The Morgan fingerprint density at radius 3 is 2.14 bits per heavy atom. The van der Waals surface area contributed by atoms with Crippen molar-refractivity contribution in [1.29, 1.82) is 0 Å². The Hall–Kier alpha value is -3.17. The molecule has 0 saturated carbocycles. The minimum atomic E-state index is -4.95. The molecular formula is C19H15F6NO3. The van der Waals surface area contributed by atoms with Crippen LogP contribution in [0.3, 0.4) is 0 Å². The molecule has 2 rings (SSSR count). The first-order chi connectivity index (χ1) is 13.4. The lowest BCUT2D eigenvalue weighted by molar-refractivity contribution is -0.143. The zero-order chi connectivity index (χ0) is 21.8. The predicted molar refractivity (Wildman–Crippen MR) is 92.0 cm³/mol. The van der Waals surface area contributed by atoms with Gasteiger partial charge in [-0.25, -0.2) is 0 Å². The van der Waals surface area contributed by atoms with Gasteiger partial charge in [0.25, 0.3) is 0 Å². The molecule has 2 aromatic carbocycles. The monoisotopic (exact) mass is 419 g/mol. The summed E-state index contributed by atoms with van der Waals surface area (Å²) in [5.41, 5.74) is -2.80. The molecule has 0 aliphatic heterocycles. The van der Waals surface area contributed by atoms with E-state index < -0.39 is 29.4 Å². The van der Waals surface area contributed by atoms with Crippen LogP contribution in [0, 0.1) is 0 Å². The highest BCUT2D eigenvalue weighted by atomic mass is 19.4. The van der Waals surface area contributed by atoms with Crippen molar-refractivity contribution in [1.82, 2.24) is 5.32 Å². The van der Waals surface area contributed by atoms with Crippen LogP contribution < -0.4 is 10.1 Å². The molecule has 0 aromatic heterocycles. The van der Waals surface area contributed by atoms with Crippen molar-refractivity contribution in [2.45, 2.75) is 18.8 Å². The van der Waals surface area contributed by atoms with Crippen LogP contribution in [0.15, 0.2) is 42.6 Å². The second-order valence-electron chi connectivity index (χ2n) is 5.92. The van der Waals surface area contributed by atoms with Crippen molar-refractivity contribution in [3.63, 3.8) is 0 Å². The van der Waals surface area contributed by atoms with E-state index in [1.54, 1.807) is 0 Å². The summed E-state index contributed by atoms with van der Waals surface area (Å²) < 4.78 is 81.9. The number of halogens is 6. The minimum absolute atomic E-state index is 0.0220. The molecule has 10 heteroatoms. The Morgan fingerprint density at radius 1 is 1.03 bits per heavy atom. The number of aromatic hydroxyl groups is 1. The quantitative estimate of drug-likeness (QED) is 0.687. The van der Waals surface area contributed by atoms with Gasteiger partial charge < -0.3 is 15.2 Å². The van der Waals surface area contributed by atoms with E-state index in [2.05, 4.69) is 5.32 Å². The lowest BCUT2D eigenvalue weighted by atomic mass is 10.0. The second kappa shape index (κ2) is 8.46. The van der Waals surface area contributed by atoms with Crippen LogP contribution in [0.4, 0.5) is 26.3 Å². The van der Waals surface area contributed by atoms with E-state index in [1.807, 2.05) is 0 Å². The highest BCUT2D eigenvalue weighted by Gasteiger charge is 2.36. The van der Waals surface area contributed by atoms with Crippen molar-refractivity contribution in [3.8, 4) is 11.5 Å². The lowest BCUT2D eigenvalue weighted by Gasteiger charge is -2.13. The van der Waals surface area contributed by atoms with Gasteiger partial charge in [0.15, 0.2) is 11.5 Å². The fraction of sp³-hybridized carbons (Fsp3) is 0.211. The third kappa shape index (κ3) is 6.16. The van der Waals surface area contributed by atoms with Crippen LogP contribution in [0.5, 0.6) is 11.5 Å². The van der Waals surface area contributed by atoms with Gasteiger partial charge in [-0.15, -0.1) is 0 Å². The number of hydrogen-bond acceptors (Lipinski definition) is 3. The van der Waals surface area contributed by atoms with Gasteiger partial charge in [-0.05, 0) is 47.5 Å². The maximum atomic E-state index is 12.8. The van der Waals surface area contributed by atoms with Crippen LogP contribution in [-0.4, -0.2) is 18.1 Å². The first-order valence-corrected chi connectivity index (χ1v) is 8.01. The average molecular weight is 419 g/mol. The lowest BCUT2D eigenvalue weighted by Crippen LogP contribution is -2.19. The van der Waals surface area contributed by atoms with Gasteiger partial charge in [-0.3, -0.25) is 4.79 Å². The number of alkyl halides is 6. The molecule has 0 radical (unpaired) electrons. The van der Waals surface area contributed by atoms with E-state index >= 15 is 0 Å². The first kappa shape index (κ1) is 22.1. The number of methoxy groups -OCH3 is 1. The van der Waals surface area contributed by atoms with E-state index in [1.165, 1.54) is 25.3 Å². The second-order valence-corrected chi connectivity index (χ2v) is 5.92. The number of amides is 1. The molecule has 0 spiro atoms. The smallest absolute Gasteiger partial charge is 0.416 e. The third-order valence-electron chi connectivity index (χ3n) is 3.74. The van der Waals surface area contributed by atoms with Gasteiger partial charge >= 0.3 is 12.4 Å². The van der Waals surface area contributed by atoms with Gasteiger partial charge in [0.2, 0.25) is 5.91 Å². The molecule has 0 fully saturated rings. The summed E-state index contributed by atoms with van der Waals surface area (Å²) in [6.07, 6.45) is -8.18. The van der Waals surface area contributed by atoms with Crippen LogP contribution in [0.25, 0.3) is 6.08 Å². The predicted octanol–water partition coefficient (Wildman–Crippen LogP) is 4.77. The summed E-state index contributed by atoms with van der Waals surface area (Å²) in [5.74, 6) is -0.548. The van der Waals surface area contributed by atoms with Gasteiger partial charge in [-0.2, -0.15) is 26.3 Å². The van der Waals surface area contributed by atoms with E-state index in [0.717, 1.165) is 12.3 Å². The zero-order valence-electron chi connectivity index (χ0n) is 14.9. The molecule has 0 atom stereocenters. The normalized spacial score (nSPS) is 12.2. The van der Waals surface area contributed by atoms with Crippen LogP contribution >= 0.6 is 0 Å². The average Bonchev–Trinajstić information content (AvgIpc) is 2.61. The van der Waals surface area contributed by atoms with Crippen molar-refractivity contribution in [2.24, 2.45) is 0 Å². The Morgan fingerprint density at radius 2 is 1.62 bits per heavy atom.